The van der Waals surface area contributed by atoms with E-state index in [0.29, 0.717) is 16.6 Å². The second kappa shape index (κ2) is 4.31. The fourth-order valence-corrected chi connectivity index (χ4v) is 1.96. The van der Waals surface area contributed by atoms with Crippen LogP contribution in [0.2, 0.25) is 5.02 Å². The lowest BCUT2D eigenvalue weighted by Gasteiger charge is -2.34. The fourth-order valence-electron chi connectivity index (χ4n) is 1.79. The predicted octanol–water partition coefficient (Wildman–Crippen LogP) is 1.34. The number of amides is 1. The molecule has 0 unspecified atom stereocenters. The molecule has 1 aliphatic carbocycles. The van der Waals surface area contributed by atoms with E-state index < -0.39 is 5.91 Å². The fraction of sp³-hybridized carbons (Fsp3) is 0.364. The van der Waals surface area contributed by atoms with E-state index in [-0.39, 0.29) is 6.04 Å². The Balaban J connectivity index is 2.12. The third-order valence-electron chi connectivity index (χ3n) is 2.79. The molecule has 1 aliphatic rings. The highest BCUT2D eigenvalue weighted by Gasteiger charge is 2.26. The molecule has 5 heteroatoms. The largest absolute Gasteiger partial charge is 0.381 e. The Bertz CT molecular complexity index is 416. The Labute approximate surface area is 98.9 Å². The molecule has 86 valence electrons. The van der Waals surface area contributed by atoms with E-state index in [1.807, 2.05) is 0 Å². The lowest BCUT2D eigenvalue weighted by atomic mass is 9.87. The molecule has 1 saturated carbocycles. The molecule has 0 atom stereocenters. The number of hydrogen-bond acceptors (Lipinski definition) is 3. The zero-order chi connectivity index (χ0) is 11.7. The van der Waals surface area contributed by atoms with Gasteiger partial charge in [0.2, 0.25) is 5.91 Å². The van der Waals surface area contributed by atoms with E-state index in [9.17, 15) is 4.79 Å². The molecule has 0 aromatic heterocycles. The summed E-state index contributed by atoms with van der Waals surface area (Å²) in [5.74, 6) is -0.454. The van der Waals surface area contributed by atoms with Gasteiger partial charge in [0.15, 0.2) is 0 Å². The number of primary amides is 1. The smallest absolute Gasteiger partial charge is 0.248 e. The third-order valence-corrected chi connectivity index (χ3v) is 3.11. The molecule has 0 bridgehead atoms. The first kappa shape index (κ1) is 11.2. The number of benzene rings is 1. The summed E-state index contributed by atoms with van der Waals surface area (Å²) in [7, 11) is 0. The van der Waals surface area contributed by atoms with Crippen molar-refractivity contribution in [1.82, 2.24) is 0 Å². The van der Waals surface area contributed by atoms with Crippen molar-refractivity contribution in [2.75, 3.05) is 5.32 Å². The molecule has 0 spiro atoms. The van der Waals surface area contributed by atoms with E-state index in [1.54, 1.807) is 18.2 Å². The van der Waals surface area contributed by atoms with Gasteiger partial charge in [0.05, 0.1) is 10.7 Å². The molecule has 1 fully saturated rings. The number of anilines is 1. The number of nitrogens with two attached hydrogens (primary N) is 2. The zero-order valence-corrected chi connectivity index (χ0v) is 9.50. The van der Waals surface area contributed by atoms with Crippen LogP contribution in [0.5, 0.6) is 0 Å². The molecule has 1 aromatic carbocycles. The normalized spacial score (nSPS) is 23.6. The Morgan fingerprint density at radius 3 is 2.69 bits per heavy atom. The standard InChI is InChI=1S/C11H14ClN3O/c12-9-2-1-6(11(14)16)3-10(9)15-8-4-7(13)5-8/h1-3,7-8,15H,4-5,13H2,(H2,14,16). The lowest BCUT2D eigenvalue weighted by molar-refractivity contribution is 0.100. The second-order valence-corrected chi connectivity index (χ2v) is 4.54. The number of rotatable bonds is 3. The molecule has 5 N–H and O–H groups in total. The SMILES string of the molecule is NC(=O)c1ccc(Cl)c(NC2CC(N)C2)c1. The van der Waals surface area contributed by atoms with Crippen molar-refractivity contribution in [2.45, 2.75) is 24.9 Å². The van der Waals surface area contributed by atoms with Crippen molar-refractivity contribution in [3.05, 3.63) is 28.8 Å². The maximum absolute atomic E-state index is 11.0. The average Bonchev–Trinajstić information content (AvgIpc) is 2.18. The van der Waals surface area contributed by atoms with Gasteiger partial charge in [-0.05, 0) is 31.0 Å². The van der Waals surface area contributed by atoms with E-state index in [4.69, 9.17) is 23.1 Å². The van der Waals surface area contributed by atoms with E-state index in [2.05, 4.69) is 5.32 Å². The van der Waals surface area contributed by atoms with E-state index in [1.165, 1.54) is 0 Å². The summed E-state index contributed by atoms with van der Waals surface area (Å²) in [6.45, 7) is 0. The average molecular weight is 240 g/mol. The number of carbonyl (C=O) groups excluding carboxylic acids is 1. The van der Waals surface area contributed by atoms with Gasteiger partial charge >= 0.3 is 0 Å². The summed E-state index contributed by atoms with van der Waals surface area (Å²) >= 11 is 6.02. The minimum Gasteiger partial charge on any atom is -0.381 e. The van der Waals surface area contributed by atoms with E-state index in [0.717, 1.165) is 18.5 Å². The van der Waals surface area contributed by atoms with Crippen LogP contribution in [0.25, 0.3) is 0 Å². The lowest BCUT2D eigenvalue weighted by Crippen LogP contribution is -2.44. The number of halogens is 1. The Morgan fingerprint density at radius 2 is 2.12 bits per heavy atom. The Morgan fingerprint density at radius 1 is 1.44 bits per heavy atom. The Hall–Kier alpha value is -1.26. The summed E-state index contributed by atoms with van der Waals surface area (Å²) in [4.78, 5) is 11.0. The van der Waals surface area contributed by atoms with Gasteiger partial charge in [-0.25, -0.2) is 0 Å². The van der Waals surface area contributed by atoms with Gasteiger partial charge in [0.1, 0.15) is 0 Å². The van der Waals surface area contributed by atoms with Crippen molar-refractivity contribution >= 4 is 23.2 Å². The summed E-state index contributed by atoms with van der Waals surface area (Å²) in [5, 5.41) is 3.84. The molecular weight excluding hydrogens is 226 g/mol. The molecule has 0 saturated heterocycles. The van der Waals surface area contributed by atoms with Crippen molar-refractivity contribution in [3.8, 4) is 0 Å². The van der Waals surface area contributed by atoms with Crippen LogP contribution in [0.3, 0.4) is 0 Å². The van der Waals surface area contributed by atoms with Gasteiger partial charge in [-0.3, -0.25) is 4.79 Å². The first-order valence-electron chi connectivity index (χ1n) is 5.17. The van der Waals surface area contributed by atoms with Gasteiger partial charge in [0.25, 0.3) is 0 Å². The molecule has 16 heavy (non-hydrogen) atoms. The topological polar surface area (TPSA) is 81.1 Å². The van der Waals surface area contributed by atoms with Crippen LogP contribution in [0, 0.1) is 0 Å². The highest BCUT2D eigenvalue weighted by Crippen LogP contribution is 2.28. The summed E-state index contributed by atoms with van der Waals surface area (Å²) in [6.07, 6.45) is 1.86. The molecule has 1 amide bonds. The van der Waals surface area contributed by atoms with Crippen LogP contribution < -0.4 is 16.8 Å². The Kier molecular flexibility index (Phi) is 3.03. The molecule has 0 aliphatic heterocycles. The van der Waals surface area contributed by atoms with Crippen LogP contribution in [0.15, 0.2) is 18.2 Å². The van der Waals surface area contributed by atoms with E-state index >= 15 is 0 Å². The van der Waals surface area contributed by atoms with Crippen molar-refractivity contribution in [1.29, 1.82) is 0 Å². The van der Waals surface area contributed by atoms with Crippen molar-refractivity contribution < 1.29 is 4.79 Å². The summed E-state index contributed by atoms with van der Waals surface area (Å²) in [6, 6.07) is 5.57. The van der Waals surface area contributed by atoms with Crippen molar-refractivity contribution in [2.24, 2.45) is 11.5 Å². The summed E-state index contributed by atoms with van der Waals surface area (Å²) < 4.78 is 0. The van der Waals surface area contributed by atoms with Crippen LogP contribution >= 0.6 is 11.6 Å². The highest BCUT2D eigenvalue weighted by molar-refractivity contribution is 6.33. The first-order valence-corrected chi connectivity index (χ1v) is 5.55. The molecule has 4 nitrogen and oxygen atoms in total. The van der Waals surface area contributed by atoms with Gasteiger partial charge in [-0.15, -0.1) is 0 Å². The number of hydrogen-bond donors (Lipinski definition) is 3. The zero-order valence-electron chi connectivity index (χ0n) is 8.74. The maximum Gasteiger partial charge on any atom is 0.248 e. The predicted molar refractivity (Wildman–Crippen MR) is 64.6 cm³/mol. The quantitative estimate of drug-likeness (QED) is 0.745. The highest BCUT2D eigenvalue weighted by atomic mass is 35.5. The number of nitrogens with one attached hydrogen (secondary N) is 1. The molecule has 0 heterocycles. The molecule has 2 rings (SSSR count). The number of carbonyl (C=O) groups is 1. The molecule has 1 aromatic rings. The van der Waals surface area contributed by atoms with Crippen LogP contribution in [0.1, 0.15) is 23.2 Å². The maximum atomic E-state index is 11.0. The van der Waals surface area contributed by atoms with Gasteiger partial charge in [0, 0.05) is 17.6 Å². The minimum absolute atomic E-state index is 0.274. The second-order valence-electron chi connectivity index (χ2n) is 4.13. The van der Waals surface area contributed by atoms with Crippen LogP contribution in [0.4, 0.5) is 5.69 Å². The van der Waals surface area contributed by atoms with Gasteiger partial charge in [-0.2, -0.15) is 0 Å². The first-order chi connectivity index (χ1) is 7.56. The van der Waals surface area contributed by atoms with Gasteiger partial charge in [-0.1, -0.05) is 11.6 Å². The van der Waals surface area contributed by atoms with Crippen LogP contribution in [-0.4, -0.2) is 18.0 Å². The molecular formula is C11H14ClN3O. The van der Waals surface area contributed by atoms with Gasteiger partial charge < -0.3 is 16.8 Å². The van der Waals surface area contributed by atoms with Crippen molar-refractivity contribution in [3.63, 3.8) is 0 Å². The van der Waals surface area contributed by atoms with Crippen LogP contribution in [-0.2, 0) is 0 Å². The monoisotopic (exact) mass is 239 g/mol. The third kappa shape index (κ3) is 2.28. The minimum atomic E-state index is -0.454. The summed E-state index contributed by atoms with van der Waals surface area (Å²) in [5.41, 5.74) is 12.1. The molecule has 0 radical (unpaired) electrons.